The van der Waals surface area contributed by atoms with Crippen molar-refractivity contribution in [2.45, 2.75) is 45.1 Å². The summed E-state index contributed by atoms with van der Waals surface area (Å²) < 4.78 is 0. The maximum Gasteiger partial charge on any atom is 0.134 e. The molecule has 0 radical (unpaired) electrons. The maximum absolute atomic E-state index is 9.32. The number of anilines is 2. The lowest BCUT2D eigenvalue weighted by Crippen LogP contribution is -2.33. The van der Waals surface area contributed by atoms with E-state index in [2.05, 4.69) is 30.4 Å². The van der Waals surface area contributed by atoms with Gasteiger partial charge in [0.05, 0.1) is 12.6 Å². The molecule has 0 spiro atoms. The summed E-state index contributed by atoms with van der Waals surface area (Å²) in [5, 5.41) is 23.2. The Balaban J connectivity index is 1.62. The first-order chi connectivity index (χ1) is 11.7. The Kier molecular flexibility index (Phi) is 5.57. The number of aryl methyl sites for hydroxylation is 1. The van der Waals surface area contributed by atoms with Crippen molar-refractivity contribution in [3.8, 4) is 0 Å². The zero-order valence-electron chi connectivity index (χ0n) is 14.1. The Morgan fingerprint density at radius 3 is 2.75 bits per heavy atom. The van der Waals surface area contributed by atoms with Gasteiger partial charge in [0.1, 0.15) is 28.0 Å². The zero-order valence-corrected chi connectivity index (χ0v) is 15.0. The fourth-order valence-electron chi connectivity index (χ4n) is 2.92. The quantitative estimate of drug-likeness (QED) is 0.827. The molecule has 0 aliphatic carbocycles. The van der Waals surface area contributed by atoms with Gasteiger partial charge in [0.15, 0.2) is 0 Å². The summed E-state index contributed by atoms with van der Waals surface area (Å²) in [5.41, 5.74) is 0. The molecular formula is C16H24N6OS. The number of nitrogens with zero attached hydrogens (tertiary/aromatic N) is 5. The molecule has 0 amide bonds. The van der Waals surface area contributed by atoms with E-state index < -0.39 is 0 Å². The second-order valence-electron chi connectivity index (χ2n) is 6.11. The molecule has 2 aromatic heterocycles. The van der Waals surface area contributed by atoms with Crippen molar-refractivity contribution < 1.29 is 5.11 Å². The van der Waals surface area contributed by atoms with E-state index >= 15 is 0 Å². The normalized spacial score (nSPS) is 17.0. The number of piperidine rings is 1. The van der Waals surface area contributed by atoms with Crippen molar-refractivity contribution in [2.75, 3.05) is 29.9 Å². The number of hydrogen-bond acceptors (Lipinski definition) is 8. The molecule has 3 rings (SSSR count). The molecule has 1 saturated heterocycles. The van der Waals surface area contributed by atoms with Gasteiger partial charge in [-0.2, -0.15) is 0 Å². The molecule has 1 fully saturated rings. The van der Waals surface area contributed by atoms with Gasteiger partial charge in [0, 0.05) is 25.1 Å². The van der Waals surface area contributed by atoms with E-state index in [1.165, 1.54) is 0 Å². The lowest BCUT2D eigenvalue weighted by molar-refractivity contribution is 0.271. The number of aliphatic hydroxyl groups excluding tert-OH is 1. The first kappa shape index (κ1) is 17.0. The van der Waals surface area contributed by atoms with Crippen molar-refractivity contribution in [3.63, 3.8) is 0 Å². The van der Waals surface area contributed by atoms with E-state index in [0.29, 0.717) is 5.92 Å². The Hall–Kier alpha value is -1.80. The maximum atomic E-state index is 9.32. The molecule has 7 nitrogen and oxygen atoms in total. The molecule has 0 bridgehead atoms. The van der Waals surface area contributed by atoms with Crippen molar-refractivity contribution in [1.29, 1.82) is 0 Å². The van der Waals surface area contributed by atoms with Crippen LogP contribution in [0.3, 0.4) is 0 Å². The fraction of sp³-hybridized carbons (Fsp3) is 0.625. The summed E-state index contributed by atoms with van der Waals surface area (Å²) in [6.07, 6.45) is 4.57. The SMILES string of the molecule is CCC(CO)Nc1cc(N2CCC(c3nnc(C)s3)CC2)ncn1. The first-order valence-corrected chi connectivity index (χ1v) is 9.25. The van der Waals surface area contributed by atoms with E-state index in [1.807, 2.05) is 19.9 Å². The Bertz CT molecular complexity index is 652. The van der Waals surface area contributed by atoms with E-state index in [1.54, 1.807) is 17.7 Å². The monoisotopic (exact) mass is 348 g/mol. The van der Waals surface area contributed by atoms with Crippen molar-refractivity contribution in [1.82, 2.24) is 20.2 Å². The summed E-state index contributed by atoms with van der Waals surface area (Å²) in [7, 11) is 0. The summed E-state index contributed by atoms with van der Waals surface area (Å²) in [4.78, 5) is 11.0. The number of aliphatic hydroxyl groups is 1. The number of aromatic nitrogens is 4. The highest BCUT2D eigenvalue weighted by molar-refractivity contribution is 7.11. The van der Waals surface area contributed by atoms with Crippen molar-refractivity contribution >= 4 is 23.0 Å². The largest absolute Gasteiger partial charge is 0.394 e. The van der Waals surface area contributed by atoms with E-state index in [4.69, 9.17) is 0 Å². The lowest BCUT2D eigenvalue weighted by Gasteiger charge is -2.31. The molecule has 0 saturated carbocycles. The van der Waals surface area contributed by atoms with Crippen LogP contribution in [0.2, 0.25) is 0 Å². The van der Waals surface area contributed by atoms with Crippen molar-refractivity contribution in [3.05, 3.63) is 22.4 Å². The molecule has 2 aromatic rings. The van der Waals surface area contributed by atoms with Gasteiger partial charge < -0.3 is 15.3 Å². The van der Waals surface area contributed by atoms with Gasteiger partial charge in [-0.05, 0) is 26.2 Å². The topological polar surface area (TPSA) is 87.1 Å². The minimum Gasteiger partial charge on any atom is -0.394 e. The first-order valence-electron chi connectivity index (χ1n) is 8.44. The van der Waals surface area contributed by atoms with E-state index in [-0.39, 0.29) is 12.6 Å². The average Bonchev–Trinajstić information content (AvgIpc) is 3.06. The molecule has 3 heterocycles. The van der Waals surface area contributed by atoms with Gasteiger partial charge in [0.2, 0.25) is 0 Å². The molecule has 0 aromatic carbocycles. The van der Waals surface area contributed by atoms with Gasteiger partial charge >= 0.3 is 0 Å². The van der Waals surface area contributed by atoms with Crippen molar-refractivity contribution in [2.24, 2.45) is 0 Å². The van der Waals surface area contributed by atoms with Gasteiger partial charge in [-0.15, -0.1) is 21.5 Å². The highest BCUT2D eigenvalue weighted by atomic mass is 32.1. The fourth-order valence-corrected chi connectivity index (χ4v) is 3.79. The second kappa shape index (κ2) is 7.85. The van der Waals surface area contributed by atoms with Gasteiger partial charge in [-0.3, -0.25) is 0 Å². The number of hydrogen-bond donors (Lipinski definition) is 2. The molecule has 1 aliphatic rings. The van der Waals surface area contributed by atoms with Crippen LogP contribution < -0.4 is 10.2 Å². The van der Waals surface area contributed by atoms with Crippen LogP contribution in [0.4, 0.5) is 11.6 Å². The molecule has 8 heteroatoms. The predicted octanol–water partition coefficient (Wildman–Crippen LogP) is 2.20. The van der Waals surface area contributed by atoms with Crippen LogP contribution in [-0.4, -0.2) is 51.0 Å². The van der Waals surface area contributed by atoms with Crippen LogP contribution in [0.25, 0.3) is 0 Å². The molecule has 1 aliphatic heterocycles. The van der Waals surface area contributed by atoms with Gasteiger partial charge in [0.25, 0.3) is 0 Å². The third-order valence-corrected chi connectivity index (χ3v) is 5.43. The van der Waals surface area contributed by atoms with Crippen LogP contribution in [0, 0.1) is 6.92 Å². The summed E-state index contributed by atoms with van der Waals surface area (Å²) in [6.45, 7) is 6.05. The van der Waals surface area contributed by atoms with Crippen LogP contribution >= 0.6 is 11.3 Å². The van der Waals surface area contributed by atoms with Crippen LogP contribution in [0.5, 0.6) is 0 Å². The molecule has 24 heavy (non-hydrogen) atoms. The highest BCUT2D eigenvalue weighted by Crippen LogP contribution is 2.31. The lowest BCUT2D eigenvalue weighted by atomic mass is 9.98. The molecule has 2 N–H and O–H groups in total. The third kappa shape index (κ3) is 3.99. The van der Waals surface area contributed by atoms with Gasteiger partial charge in [-0.25, -0.2) is 9.97 Å². The Morgan fingerprint density at radius 1 is 1.33 bits per heavy atom. The van der Waals surface area contributed by atoms with E-state index in [0.717, 1.165) is 54.0 Å². The van der Waals surface area contributed by atoms with Crippen LogP contribution in [0.1, 0.15) is 42.1 Å². The van der Waals surface area contributed by atoms with Gasteiger partial charge in [-0.1, -0.05) is 6.92 Å². The van der Waals surface area contributed by atoms with Crippen LogP contribution in [-0.2, 0) is 0 Å². The second-order valence-corrected chi connectivity index (χ2v) is 7.33. The Labute approximate surface area is 146 Å². The highest BCUT2D eigenvalue weighted by Gasteiger charge is 2.24. The third-order valence-electron chi connectivity index (χ3n) is 4.43. The molecule has 1 atom stereocenters. The predicted molar refractivity (Wildman–Crippen MR) is 95.7 cm³/mol. The smallest absolute Gasteiger partial charge is 0.134 e. The number of rotatable bonds is 6. The zero-order chi connectivity index (χ0) is 16.9. The molecule has 1 unspecified atom stereocenters. The molecule has 130 valence electrons. The summed E-state index contributed by atoms with van der Waals surface area (Å²) >= 11 is 1.71. The van der Waals surface area contributed by atoms with E-state index in [9.17, 15) is 5.11 Å². The Morgan fingerprint density at radius 2 is 2.12 bits per heavy atom. The summed E-state index contributed by atoms with van der Waals surface area (Å²) in [6, 6.07) is 1.99. The minimum absolute atomic E-state index is 0.0270. The average molecular weight is 348 g/mol. The minimum atomic E-state index is 0.0270. The summed E-state index contributed by atoms with van der Waals surface area (Å²) in [5.74, 6) is 2.21. The standard InChI is InChI=1S/C16H24N6OS/c1-3-13(9-23)19-14-8-15(18-10-17-14)22-6-4-12(5-7-22)16-21-20-11(2)24-16/h8,10,12-13,23H,3-7,9H2,1-2H3,(H,17,18,19). The number of nitrogens with one attached hydrogen (secondary N) is 1. The molecular weight excluding hydrogens is 324 g/mol. The van der Waals surface area contributed by atoms with Crippen LogP contribution in [0.15, 0.2) is 12.4 Å².